The highest BCUT2D eigenvalue weighted by Crippen LogP contribution is 2.34. The van der Waals surface area contributed by atoms with Crippen molar-refractivity contribution in [2.75, 3.05) is 37.8 Å². The molecule has 0 aliphatic carbocycles. The number of carbonyl (C=O) groups is 1. The van der Waals surface area contributed by atoms with Gasteiger partial charge in [0.2, 0.25) is 5.95 Å². The second-order valence-corrected chi connectivity index (χ2v) is 10.9. The summed E-state index contributed by atoms with van der Waals surface area (Å²) in [6.45, 7) is 3.49. The van der Waals surface area contributed by atoms with E-state index in [9.17, 15) is 18.0 Å². The Morgan fingerprint density at radius 1 is 1.09 bits per heavy atom. The van der Waals surface area contributed by atoms with E-state index < -0.39 is 17.6 Å². The molecule has 1 aliphatic rings. The Hall–Kier alpha value is -4.13. The molecule has 1 amide bonds. The van der Waals surface area contributed by atoms with Crippen molar-refractivity contribution in [3.63, 3.8) is 0 Å². The quantitative estimate of drug-likeness (QED) is 0.238. The second kappa shape index (κ2) is 14.1. The number of rotatable bonds is 8. The molecular weight excluding hydrogens is 593 g/mol. The third kappa shape index (κ3) is 8.07. The molecule has 2 aromatic carbocycles. The van der Waals surface area contributed by atoms with E-state index >= 15 is 0 Å². The number of amides is 1. The lowest BCUT2D eigenvalue weighted by atomic mass is 10.00. The van der Waals surface area contributed by atoms with E-state index in [0.29, 0.717) is 35.6 Å². The van der Waals surface area contributed by atoms with Crippen LogP contribution in [0.4, 0.5) is 30.5 Å². The van der Waals surface area contributed by atoms with Crippen molar-refractivity contribution in [3.05, 3.63) is 89.6 Å². The van der Waals surface area contributed by atoms with Crippen LogP contribution in [0.15, 0.2) is 67.4 Å². The monoisotopic (exact) mass is 626 g/mol. The van der Waals surface area contributed by atoms with Crippen molar-refractivity contribution in [1.29, 1.82) is 0 Å². The van der Waals surface area contributed by atoms with E-state index in [-0.39, 0.29) is 30.1 Å². The predicted molar refractivity (Wildman–Crippen MR) is 166 cm³/mol. The van der Waals surface area contributed by atoms with E-state index in [2.05, 4.69) is 35.5 Å². The first-order valence-electron chi connectivity index (χ1n) is 13.9. The van der Waals surface area contributed by atoms with Crippen LogP contribution in [-0.2, 0) is 12.7 Å². The molecule has 0 unspecified atom stereocenters. The molecule has 0 saturated carbocycles. The number of hydrogen-bond acceptors (Lipinski definition) is 8. The van der Waals surface area contributed by atoms with Gasteiger partial charge in [-0.15, -0.1) is 12.4 Å². The number of carbonyl (C=O) groups excluding carboxylic acids is 1. The van der Waals surface area contributed by atoms with E-state index in [1.54, 1.807) is 42.9 Å². The van der Waals surface area contributed by atoms with Crippen LogP contribution in [0.3, 0.4) is 0 Å². The van der Waals surface area contributed by atoms with Crippen molar-refractivity contribution in [2.45, 2.75) is 38.5 Å². The number of hydrogen-bond donors (Lipinski definition) is 2. The fourth-order valence-electron chi connectivity index (χ4n) is 5.13. The van der Waals surface area contributed by atoms with Crippen LogP contribution in [-0.4, -0.2) is 68.9 Å². The highest BCUT2D eigenvalue weighted by molar-refractivity contribution is 6.04. The van der Waals surface area contributed by atoms with E-state index in [4.69, 9.17) is 0 Å². The predicted octanol–water partition coefficient (Wildman–Crippen LogP) is 6.20. The number of piperidine rings is 1. The largest absolute Gasteiger partial charge is 0.416 e. The zero-order valence-corrected chi connectivity index (χ0v) is 25.4. The smallest absolute Gasteiger partial charge is 0.324 e. The van der Waals surface area contributed by atoms with Crippen LogP contribution in [0.5, 0.6) is 0 Å². The number of likely N-dealkylation sites (tertiary alicyclic amines) is 1. The normalized spacial score (nSPS) is 15.5. The number of likely N-dealkylation sites (N-methyl/N-ethyl adjacent to an activating group) is 1. The van der Waals surface area contributed by atoms with Crippen molar-refractivity contribution >= 4 is 35.6 Å². The fraction of sp³-hybridized carbons (Fsp3) is 0.323. The number of benzene rings is 2. The minimum Gasteiger partial charge on any atom is -0.324 e. The lowest BCUT2D eigenvalue weighted by Crippen LogP contribution is -2.44. The molecule has 0 bridgehead atoms. The van der Waals surface area contributed by atoms with Gasteiger partial charge in [-0.1, -0.05) is 12.1 Å². The summed E-state index contributed by atoms with van der Waals surface area (Å²) in [7, 11) is 3.98. The summed E-state index contributed by atoms with van der Waals surface area (Å²) in [5, 5.41) is 5.88. The Balaban J connectivity index is 0.00000442. The van der Waals surface area contributed by atoms with Gasteiger partial charge in [0, 0.05) is 60.2 Å². The number of aryl methyl sites for hydroxylation is 1. The first-order valence-corrected chi connectivity index (χ1v) is 13.9. The summed E-state index contributed by atoms with van der Waals surface area (Å²) in [5.41, 5.74) is 2.54. The summed E-state index contributed by atoms with van der Waals surface area (Å²) in [6, 6.07) is 11.0. The molecule has 1 aliphatic heterocycles. The molecule has 0 radical (unpaired) electrons. The number of halogens is 4. The minimum atomic E-state index is -4.59. The van der Waals surface area contributed by atoms with Crippen LogP contribution < -0.4 is 10.6 Å². The number of nitrogens with zero attached hydrogens (tertiary/aromatic N) is 6. The molecule has 9 nitrogen and oxygen atoms in total. The maximum atomic E-state index is 14.1. The van der Waals surface area contributed by atoms with Crippen molar-refractivity contribution in [1.82, 2.24) is 29.7 Å². The highest BCUT2D eigenvalue weighted by atomic mass is 35.5. The molecular formula is C31H34ClF3N8O. The third-order valence-corrected chi connectivity index (χ3v) is 7.54. The topological polar surface area (TPSA) is 99.2 Å². The number of anilines is 3. The van der Waals surface area contributed by atoms with E-state index in [0.717, 1.165) is 36.6 Å². The van der Waals surface area contributed by atoms with Crippen LogP contribution in [0, 0.1) is 6.92 Å². The molecule has 232 valence electrons. The average Bonchev–Trinajstić information content (AvgIpc) is 2.99. The zero-order valence-electron chi connectivity index (χ0n) is 24.6. The van der Waals surface area contributed by atoms with Gasteiger partial charge in [-0.3, -0.25) is 9.69 Å². The lowest BCUT2D eigenvalue weighted by molar-refractivity contribution is -0.138. The van der Waals surface area contributed by atoms with Gasteiger partial charge in [0.25, 0.3) is 5.91 Å². The first-order chi connectivity index (χ1) is 20.6. The van der Waals surface area contributed by atoms with Gasteiger partial charge in [0.05, 0.1) is 11.3 Å². The number of alkyl halides is 3. The van der Waals surface area contributed by atoms with Crippen molar-refractivity contribution < 1.29 is 18.0 Å². The number of nitrogens with one attached hydrogen (secondary N) is 2. The van der Waals surface area contributed by atoms with E-state index in [1.807, 2.05) is 25.9 Å². The molecule has 4 aromatic rings. The number of aromatic nitrogens is 4. The van der Waals surface area contributed by atoms with Crippen molar-refractivity contribution in [2.24, 2.45) is 0 Å². The highest BCUT2D eigenvalue weighted by Gasteiger charge is 2.35. The fourth-order valence-corrected chi connectivity index (χ4v) is 5.13. The molecule has 13 heteroatoms. The minimum absolute atomic E-state index is 0. The Morgan fingerprint density at radius 3 is 2.59 bits per heavy atom. The van der Waals surface area contributed by atoms with Crippen LogP contribution >= 0.6 is 12.4 Å². The first kappa shape index (κ1) is 32.8. The van der Waals surface area contributed by atoms with Gasteiger partial charge in [0.15, 0.2) is 0 Å². The molecule has 2 aromatic heterocycles. The molecule has 44 heavy (non-hydrogen) atoms. The summed E-state index contributed by atoms with van der Waals surface area (Å²) in [6.07, 6.45) is 3.68. The summed E-state index contributed by atoms with van der Waals surface area (Å²) >= 11 is 0. The molecule has 5 rings (SSSR count). The van der Waals surface area contributed by atoms with Gasteiger partial charge in [-0.05, 0) is 81.9 Å². The van der Waals surface area contributed by atoms with Gasteiger partial charge in [-0.25, -0.2) is 19.9 Å². The summed E-state index contributed by atoms with van der Waals surface area (Å²) in [5.74, 6) is -0.316. The van der Waals surface area contributed by atoms with Gasteiger partial charge < -0.3 is 15.5 Å². The standard InChI is InChI=1S/C31H33F3N8O.ClH/c1-20-6-9-24(14-28(20)40-30-37-11-10-27(39-30)23-15-35-19-36-16-23)38-29(43)21-7-8-22(26(13-21)31(32,33)34)17-42-12-4-5-25(18-42)41(2)3;/h6-11,13-16,19,25H,4-5,12,17-18H2,1-3H3,(H,38,43)(H,37,39,40);1H/t25-;/m0./s1. The Morgan fingerprint density at radius 2 is 1.86 bits per heavy atom. The maximum absolute atomic E-state index is 14.1. The van der Waals surface area contributed by atoms with Gasteiger partial charge in [0.1, 0.15) is 6.33 Å². The Labute approximate surface area is 260 Å². The summed E-state index contributed by atoms with van der Waals surface area (Å²) < 4.78 is 42.4. The summed E-state index contributed by atoms with van der Waals surface area (Å²) in [4.78, 5) is 34.1. The van der Waals surface area contributed by atoms with Gasteiger partial charge in [-0.2, -0.15) is 13.2 Å². The second-order valence-electron chi connectivity index (χ2n) is 10.9. The average molecular weight is 627 g/mol. The third-order valence-electron chi connectivity index (χ3n) is 7.54. The SMILES string of the molecule is Cc1ccc(NC(=O)c2ccc(CN3CCC[C@H](N(C)C)C3)c(C(F)(F)F)c2)cc1Nc1nccc(-c2cncnc2)n1.Cl. The molecule has 0 spiro atoms. The van der Waals surface area contributed by atoms with Crippen LogP contribution in [0.2, 0.25) is 0 Å². The zero-order chi connectivity index (χ0) is 30.6. The molecule has 1 saturated heterocycles. The Kier molecular flexibility index (Phi) is 10.5. The van der Waals surface area contributed by atoms with Crippen LogP contribution in [0.25, 0.3) is 11.3 Å². The lowest BCUT2D eigenvalue weighted by Gasteiger charge is -2.36. The molecule has 1 atom stereocenters. The molecule has 1 fully saturated rings. The Bertz CT molecular complexity index is 1590. The maximum Gasteiger partial charge on any atom is 0.416 e. The molecule has 2 N–H and O–H groups in total. The van der Waals surface area contributed by atoms with Crippen LogP contribution in [0.1, 0.15) is 39.9 Å². The van der Waals surface area contributed by atoms with E-state index in [1.165, 1.54) is 18.5 Å². The van der Waals surface area contributed by atoms with Crippen molar-refractivity contribution in [3.8, 4) is 11.3 Å². The molecule has 3 heterocycles. The van der Waals surface area contributed by atoms with Gasteiger partial charge >= 0.3 is 6.18 Å².